The van der Waals surface area contributed by atoms with Crippen LogP contribution in [-0.4, -0.2) is 37.1 Å². The van der Waals surface area contributed by atoms with Gasteiger partial charge in [-0.3, -0.25) is 9.59 Å². The Morgan fingerprint density at radius 3 is 2.37 bits per heavy atom. The van der Waals surface area contributed by atoms with Gasteiger partial charge in [-0.15, -0.1) is 0 Å². The van der Waals surface area contributed by atoms with Crippen LogP contribution in [-0.2, 0) is 23.9 Å². The molecule has 19 heavy (non-hydrogen) atoms. The highest BCUT2D eigenvalue weighted by Crippen LogP contribution is 2.43. The van der Waals surface area contributed by atoms with Crippen LogP contribution in [0.1, 0.15) is 33.6 Å². The molecule has 0 aliphatic heterocycles. The standard InChI is InChI=1S/C13H21NO5/c1-4-18-12(16)10-6-9(10)7-11(14-8(3)15)13(17)19-5-2/h9-11H,4-7H2,1-3H3,(H,14,15)/t9-,10+,11-/m0/s1. The van der Waals surface area contributed by atoms with Gasteiger partial charge in [-0.05, 0) is 32.6 Å². The van der Waals surface area contributed by atoms with Gasteiger partial charge in [-0.25, -0.2) is 4.79 Å². The van der Waals surface area contributed by atoms with E-state index in [2.05, 4.69) is 5.32 Å². The normalized spacial score (nSPS) is 22.3. The molecule has 1 saturated carbocycles. The molecule has 1 amide bonds. The van der Waals surface area contributed by atoms with E-state index in [1.807, 2.05) is 0 Å². The van der Waals surface area contributed by atoms with Crippen LogP contribution < -0.4 is 5.32 Å². The first-order valence-electron chi connectivity index (χ1n) is 6.59. The molecule has 0 aromatic carbocycles. The number of hydrogen-bond donors (Lipinski definition) is 1. The molecule has 0 unspecified atom stereocenters. The number of hydrogen-bond acceptors (Lipinski definition) is 5. The van der Waals surface area contributed by atoms with Crippen molar-refractivity contribution < 1.29 is 23.9 Å². The lowest BCUT2D eigenvalue weighted by molar-refractivity contribution is -0.148. The maximum absolute atomic E-state index is 11.7. The van der Waals surface area contributed by atoms with Crippen molar-refractivity contribution in [1.82, 2.24) is 5.32 Å². The number of carbonyl (C=O) groups is 3. The van der Waals surface area contributed by atoms with Gasteiger partial charge in [0.25, 0.3) is 0 Å². The summed E-state index contributed by atoms with van der Waals surface area (Å²) < 4.78 is 9.83. The van der Waals surface area contributed by atoms with E-state index in [1.54, 1.807) is 13.8 Å². The summed E-state index contributed by atoms with van der Waals surface area (Å²) in [7, 11) is 0. The minimum Gasteiger partial charge on any atom is -0.466 e. The summed E-state index contributed by atoms with van der Waals surface area (Å²) in [6.45, 7) is 5.44. The van der Waals surface area contributed by atoms with E-state index in [4.69, 9.17) is 9.47 Å². The quantitative estimate of drug-likeness (QED) is 0.687. The van der Waals surface area contributed by atoms with Crippen LogP contribution in [0.25, 0.3) is 0 Å². The van der Waals surface area contributed by atoms with Crippen molar-refractivity contribution >= 4 is 17.8 Å². The molecule has 108 valence electrons. The molecule has 1 fully saturated rings. The smallest absolute Gasteiger partial charge is 0.328 e. The van der Waals surface area contributed by atoms with E-state index in [-0.39, 0.29) is 30.3 Å². The van der Waals surface area contributed by atoms with Crippen LogP contribution in [0.5, 0.6) is 0 Å². The van der Waals surface area contributed by atoms with Crippen molar-refractivity contribution in [2.45, 2.75) is 39.7 Å². The SMILES string of the molecule is CCOC(=O)[C@H](C[C@@H]1C[C@H]1C(=O)OCC)NC(C)=O. The van der Waals surface area contributed by atoms with Gasteiger partial charge in [0.1, 0.15) is 6.04 Å². The van der Waals surface area contributed by atoms with Crippen LogP contribution in [0.3, 0.4) is 0 Å². The average molecular weight is 271 g/mol. The Morgan fingerprint density at radius 2 is 1.84 bits per heavy atom. The molecular formula is C13H21NO5. The van der Waals surface area contributed by atoms with Gasteiger partial charge in [-0.2, -0.15) is 0 Å². The highest BCUT2D eigenvalue weighted by atomic mass is 16.5. The first-order valence-corrected chi connectivity index (χ1v) is 6.59. The molecular weight excluding hydrogens is 250 g/mol. The van der Waals surface area contributed by atoms with Gasteiger partial charge < -0.3 is 14.8 Å². The number of carbonyl (C=O) groups excluding carboxylic acids is 3. The van der Waals surface area contributed by atoms with E-state index in [9.17, 15) is 14.4 Å². The monoisotopic (exact) mass is 271 g/mol. The van der Waals surface area contributed by atoms with Gasteiger partial charge in [0.05, 0.1) is 19.1 Å². The highest BCUT2D eigenvalue weighted by molar-refractivity contribution is 5.83. The number of ether oxygens (including phenoxy) is 2. The molecule has 0 saturated heterocycles. The second kappa shape index (κ2) is 7.11. The summed E-state index contributed by atoms with van der Waals surface area (Å²) in [6.07, 6.45) is 1.12. The number of rotatable bonds is 7. The average Bonchev–Trinajstić information content (AvgIpc) is 3.07. The topological polar surface area (TPSA) is 81.7 Å². The molecule has 6 heteroatoms. The maximum Gasteiger partial charge on any atom is 0.328 e. The summed E-state index contributed by atoms with van der Waals surface area (Å²) in [6, 6.07) is -0.679. The van der Waals surface area contributed by atoms with Crippen molar-refractivity contribution in [3.63, 3.8) is 0 Å². The van der Waals surface area contributed by atoms with Gasteiger partial charge in [0, 0.05) is 6.92 Å². The Balaban J connectivity index is 2.48. The van der Waals surface area contributed by atoms with Gasteiger partial charge in [0.2, 0.25) is 5.91 Å². The third-order valence-corrected chi connectivity index (χ3v) is 3.00. The zero-order valence-corrected chi connectivity index (χ0v) is 11.6. The summed E-state index contributed by atoms with van der Waals surface area (Å²) >= 11 is 0. The molecule has 0 aromatic heterocycles. The van der Waals surface area contributed by atoms with E-state index in [0.29, 0.717) is 19.4 Å². The molecule has 1 aliphatic rings. The van der Waals surface area contributed by atoms with E-state index < -0.39 is 12.0 Å². The molecule has 1 N–H and O–H groups in total. The van der Waals surface area contributed by atoms with Crippen LogP contribution in [0.4, 0.5) is 0 Å². The highest BCUT2D eigenvalue weighted by Gasteiger charge is 2.46. The summed E-state index contributed by atoms with van der Waals surface area (Å²) in [5.41, 5.74) is 0. The Labute approximate surface area is 112 Å². The molecule has 0 spiro atoms. The zero-order chi connectivity index (χ0) is 14.4. The predicted octanol–water partition coefficient (Wildman–Crippen LogP) is 0.643. The van der Waals surface area contributed by atoms with Crippen molar-refractivity contribution in [2.24, 2.45) is 11.8 Å². The molecule has 0 radical (unpaired) electrons. The molecule has 0 aromatic rings. The van der Waals surface area contributed by atoms with E-state index in [0.717, 1.165) is 0 Å². The van der Waals surface area contributed by atoms with Crippen molar-refractivity contribution in [2.75, 3.05) is 13.2 Å². The zero-order valence-electron chi connectivity index (χ0n) is 11.6. The fraction of sp³-hybridized carbons (Fsp3) is 0.769. The molecule has 3 atom stereocenters. The second-order valence-electron chi connectivity index (χ2n) is 4.60. The van der Waals surface area contributed by atoms with Crippen LogP contribution in [0.2, 0.25) is 0 Å². The van der Waals surface area contributed by atoms with E-state index >= 15 is 0 Å². The largest absolute Gasteiger partial charge is 0.466 e. The molecule has 0 heterocycles. The van der Waals surface area contributed by atoms with Crippen LogP contribution in [0, 0.1) is 11.8 Å². The van der Waals surface area contributed by atoms with Crippen molar-refractivity contribution in [3.05, 3.63) is 0 Å². The fourth-order valence-corrected chi connectivity index (χ4v) is 2.05. The summed E-state index contributed by atoms with van der Waals surface area (Å²) in [4.78, 5) is 34.3. The molecule has 1 rings (SSSR count). The lowest BCUT2D eigenvalue weighted by Crippen LogP contribution is -2.41. The summed E-state index contributed by atoms with van der Waals surface area (Å²) in [5, 5.41) is 2.56. The molecule has 0 bridgehead atoms. The lowest BCUT2D eigenvalue weighted by Gasteiger charge is -2.16. The number of amides is 1. The Bertz CT molecular complexity index is 355. The minimum atomic E-state index is -0.679. The van der Waals surface area contributed by atoms with Crippen LogP contribution >= 0.6 is 0 Å². The van der Waals surface area contributed by atoms with E-state index in [1.165, 1.54) is 6.92 Å². The van der Waals surface area contributed by atoms with Gasteiger partial charge in [0.15, 0.2) is 0 Å². The second-order valence-corrected chi connectivity index (χ2v) is 4.60. The third kappa shape index (κ3) is 4.89. The van der Waals surface area contributed by atoms with Crippen LogP contribution in [0.15, 0.2) is 0 Å². The summed E-state index contributed by atoms with van der Waals surface area (Å²) in [5.74, 6) is -1.03. The minimum absolute atomic E-state index is 0.0836. The Morgan fingerprint density at radius 1 is 1.21 bits per heavy atom. The third-order valence-electron chi connectivity index (χ3n) is 3.00. The maximum atomic E-state index is 11.7. The van der Waals surface area contributed by atoms with Gasteiger partial charge in [-0.1, -0.05) is 0 Å². The molecule has 6 nitrogen and oxygen atoms in total. The Hall–Kier alpha value is -1.59. The first-order chi connectivity index (χ1) is 8.99. The molecule has 1 aliphatic carbocycles. The predicted molar refractivity (Wildman–Crippen MR) is 67.1 cm³/mol. The fourth-order valence-electron chi connectivity index (χ4n) is 2.05. The van der Waals surface area contributed by atoms with Crippen molar-refractivity contribution in [3.8, 4) is 0 Å². The number of esters is 2. The Kier molecular flexibility index (Phi) is 5.79. The first kappa shape index (κ1) is 15.5. The lowest BCUT2D eigenvalue weighted by atomic mass is 10.1. The van der Waals surface area contributed by atoms with Gasteiger partial charge >= 0.3 is 11.9 Å². The number of nitrogens with one attached hydrogen (secondary N) is 1. The van der Waals surface area contributed by atoms with Crippen molar-refractivity contribution in [1.29, 1.82) is 0 Å².